The Bertz CT molecular complexity index is 488. The fraction of sp³-hybridized carbons (Fsp3) is 0.733. The van der Waals surface area contributed by atoms with Crippen LogP contribution in [0.2, 0.25) is 0 Å². The predicted octanol–water partition coefficient (Wildman–Crippen LogP) is 1.42. The van der Waals surface area contributed by atoms with Crippen molar-refractivity contribution in [1.29, 1.82) is 0 Å². The molecule has 4 rings (SSSR count). The Morgan fingerprint density at radius 1 is 0.952 bits per heavy atom. The average molecular weight is 290 g/mol. The quantitative estimate of drug-likeness (QED) is 0.821. The summed E-state index contributed by atoms with van der Waals surface area (Å²) in [4.78, 5) is 13.8. The van der Waals surface area contributed by atoms with E-state index in [0.717, 1.165) is 64.0 Å². The maximum absolute atomic E-state index is 5.78. The molecule has 1 aromatic rings. The van der Waals surface area contributed by atoms with Gasteiger partial charge in [0, 0.05) is 45.2 Å². The molecule has 3 aliphatic heterocycles. The van der Waals surface area contributed by atoms with E-state index >= 15 is 0 Å². The fourth-order valence-corrected chi connectivity index (χ4v) is 3.45. The van der Waals surface area contributed by atoms with Gasteiger partial charge in [0.1, 0.15) is 5.82 Å². The van der Waals surface area contributed by atoms with Crippen LogP contribution in [-0.4, -0.2) is 55.1 Å². The highest BCUT2D eigenvalue weighted by molar-refractivity contribution is 5.44. The van der Waals surface area contributed by atoms with E-state index in [-0.39, 0.29) is 5.79 Å². The van der Waals surface area contributed by atoms with Gasteiger partial charge in [-0.2, -0.15) is 4.98 Å². The molecule has 0 aliphatic carbocycles. The molecule has 0 aromatic carbocycles. The number of rotatable bonds is 2. The minimum absolute atomic E-state index is 0.318. The van der Waals surface area contributed by atoms with Gasteiger partial charge in [0.05, 0.1) is 13.2 Å². The van der Waals surface area contributed by atoms with Gasteiger partial charge in [0.25, 0.3) is 0 Å². The average Bonchev–Trinajstić information content (AvgIpc) is 3.20. The highest BCUT2D eigenvalue weighted by Crippen LogP contribution is 2.33. The molecule has 0 N–H and O–H groups in total. The number of ether oxygens (including phenoxy) is 2. The number of hydrogen-bond acceptors (Lipinski definition) is 6. The molecular weight excluding hydrogens is 268 g/mol. The Morgan fingerprint density at radius 2 is 1.67 bits per heavy atom. The van der Waals surface area contributed by atoms with Crippen LogP contribution in [0.1, 0.15) is 25.7 Å². The Morgan fingerprint density at radius 3 is 2.38 bits per heavy atom. The monoisotopic (exact) mass is 290 g/mol. The first kappa shape index (κ1) is 13.3. The molecule has 0 amide bonds. The third-order valence-corrected chi connectivity index (χ3v) is 4.68. The molecule has 21 heavy (non-hydrogen) atoms. The molecule has 0 radical (unpaired) electrons. The molecule has 3 aliphatic rings. The number of nitrogens with zero attached hydrogens (tertiary/aromatic N) is 4. The van der Waals surface area contributed by atoms with Crippen molar-refractivity contribution in [3.8, 4) is 0 Å². The van der Waals surface area contributed by atoms with Gasteiger partial charge in [-0.1, -0.05) is 0 Å². The molecule has 6 nitrogen and oxygen atoms in total. The summed E-state index contributed by atoms with van der Waals surface area (Å²) >= 11 is 0. The van der Waals surface area contributed by atoms with E-state index < -0.39 is 0 Å². The third-order valence-electron chi connectivity index (χ3n) is 4.68. The van der Waals surface area contributed by atoms with Crippen LogP contribution in [0.15, 0.2) is 12.3 Å². The lowest BCUT2D eigenvalue weighted by atomic mass is 10.0. The summed E-state index contributed by atoms with van der Waals surface area (Å²) in [7, 11) is 0. The van der Waals surface area contributed by atoms with Crippen LogP contribution in [0.25, 0.3) is 0 Å². The van der Waals surface area contributed by atoms with Gasteiger partial charge in [0.15, 0.2) is 5.79 Å². The Kier molecular flexibility index (Phi) is 3.43. The van der Waals surface area contributed by atoms with Crippen LogP contribution in [0.3, 0.4) is 0 Å². The van der Waals surface area contributed by atoms with Gasteiger partial charge >= 0.3 is 0 Å². The van der Waals surface area contributed by atoms with E-state index in [1.54, 1.807) is 0 Å². The molecule has 3 fully saturated rings. The van der Waals surface area contributed by atoms with Gasteiger partial charge < -0.3 is 19.3 Å². The van der Waals surface area contributed by atoms with Gasteiger partial charge in [-0.25, -0.2) is 4.98 Å². The molecule has 4 heterocycles. The zero-order chi connectivity index (χ0) is 14.1. The topological polar surface area (TPSA) is 50.7 Å². The molecule has 3 saturated heterocycles. The zero-order valence-electron chi connectivity index (χ0n) is 12.3. The molecule has 0 unspecified atom stereocenters. The summed E-state index contributed by atoms with van der Waals surface area (Å²) in [5.41, 5.74) is 0. The largest absolute Gasteiger partial charge is 0.356 e. The highest BCUT2D eigenvalue weighted by Gasteiger charge is 2.40. The number of anilines is 2. The fourth-order valence-electron chi connectivity index (χ4n) is 3.45. The molecule has 114 valence electrons. The second-order valence-electron chi connectivity index (χ2n) is 6.00. The first-order chi connectivity index (χ1) is 10.3. The summed E-state index contributed by atoms with van der Waals surface area (Å²) in [6.45, 7) is 5.47. The van der Waals surface area contributed by atoms with Gasteiger partial charge in [-0.15, -0.1) is 0 Å². The molecule has 6 heteroatoms. The molecule has 0 atom stereocenters. The maximum atomic E-state index is 5.78. The van der Waals surface area contributed by atoms with Crippen LogP contribution < -0.4 is 9.80 Å². The van der Waals surface area contributed by atoms with E-state index in [9.17, 15) is 0 Å². The standard InChI is InChI=1S/C15H22N4O2/c1-2-8-19(7-1)14-16-6-3-13(17-14)18-9-4-15(5-10-18)20-11-12-21-15/h3,6H,1-2,4-5,7-12H2. The summed E-state index contributed by atoms with van der Waals surface area (Å²) in [6, 6.07) is 2.01. The van der Waals surface area contributed by atoms with Crippen molar-refractivity contribution in [2.45, 2.75) is 31.5 Å². The Labute approximate surface area is 125 Å². The first-order valence-electron chi connectivity index (χ1n) is 7.96. The minimum Gasteiger partial charge on any atom is -0.356 e. The van der Waals surface area contributed by atoms with Crippen molar-refractivity contribution >= 4 is 11.8 Å². The van der Waals surface area contributed by atoms with Crippen molar-refractivity contribution < 1.29 is 9.47 Å². The van der Waals surface area contributed by atoms with E-state index in [0.29, 0.717) is 0 Å². The van der Waals surface area contributed by atoms with Gasteiger partial charge in [-0.05, 0) is 18.9 Å². The van der Waals surface area contributed by atoms with E-state index in [2.05, 4.69) is 14.8 Å². The van der Waals surface area contributed by atoms with Crippen LogP contribution in [0.5, 0.6) is 0 Å². The summed E-state index contributed by atoms with van der Waals surface area (Å²) in [5.74, 6) is 1.58. The van der Waals surface area contributed by atoms with Crippen molar-refractivity contribution in [2.75, 3.05) is 49.2 Å². The normalized spacial score (nSPS) is 25.0. The van der Waals surface area contributed by atoms with Gasteiger partial charge in [0.2, 0.25) is 5.95 Å². The summed E-state index contributed by atoms with van der Waals surface area (Å²) < 4.78 is 11.6. The first-order valence-corrected chi connectivity index (χ1v) is 7.96. The van der Waals surface area contributed by atoms with Gasteiger partial charge in [-0.3, -0.25) is 0 Å². The molecule has 1 aromatic heterocycles. The van der Waals surface area contributed by atoms with Crippen LogP contribution >= 0.6 is 0 Å². The van der Waals surface area contributed by atoms with E-state index in [4.69, 9.17) is 14.5 Å². The number of aromatic nitrogens is 2. The molecular formula is C15H22N4O2. The predicted molar refractivity (Wildman–Crippen MR) is 79.6 cm³/mol. The Hall–Kier alpha value is -1.40. The minimum atomic E-state index is -0.318. The maximum Gasteiger partial charge on any atom is 0.227 e. The lowest BCUT2D eigenvalue weighted by molar-refractivity contribution is -0.169. The summed E-state index contributed by atoms with van der Waals surface area (Å²) in [6.07, 6.45) is 6.19. The van der Waals surface area contributed by atoms with Crippen LogP contribution in [0.4, 0.5) is 11.8 Å². The molecule has 1 spiro atoms. The molecule has 0 saturated carbocycles. The van der Waals surface area contributed by atoms with Crippen LogP contribution in [-0.2, 0) is 9.47 Å². The van der Waals surface area contributed by atoms with E-state index in [1.165, 1.54) is 12.8 Å². The third kappa shape index (κ3) is 2.58. The Balaban J connectivity index is 1.45. The molecule has 0 bridgehead atoms. The van der Waals surface area contributed by atoms with E-state index in [1.807, 2.05) is 12.3 Å². The summed E-state index contributed by atoms with van der Waals surface area (Å²) in [5, 5.41) is 0. The lowest BCUT2D eigenvalue weighted by Gasteiger charge is -2.38. The van der Waals surface area contributed by atoms with Crippen molar-refractivity contribution in [2.24, 2.45) is 0 Å². The van der Waals surface area contributed by atoms with Crippen molar-refractivity contribution in [3.05, 3.63) is 12.3 Å². The number of hydrogen-bond donors (Lipinski definition) is 0. The highest BCUT2D eigenvalue weighted by atomic mass is 16.7. The number of piperidine rings is 1. The van der Waals surface area contributed by atoms with Crippen LogP contribution in [0, 0.1) is 0 Å². The zero-order valence-corrected chi connectivity index (χ0v) is 12.3. The second kappa shape index (κ2) is 5.42. The SMILES string of the molecule is c1cc(N2CCC3(CC2)OCCO3)nc(N2CCCC2)n1. The second-order valence-corrected chi connectivity index (χ2v) is 6.00. The smallest absolute Gasteiger partial charge is 0.227 e. The van der Waals surface area contributed by atoms with Crippen molar-refractivity contribution in [3.63, 3.8) is 0 Å². The van der Waals surface area contributed by atoms with Crippen molar-refractivity contribution in [1.82, 2.24) is 9.97 Å². The lowest BCUT2D eigenvalue weighted by Crippen LogP contribution is -2.45.